The molecule has 8 nitrogen and oxygen atoms in total. The molecule has 0 radical (unpaired) electrons. The largest absolute Gasteiger partial charge is 0.393 e. The van der Waals surface area contributed by atoms with Crippen molar-refractivity contribution in [2.75, 3.05) is 18.8 Å². The number of hydrogen-bond acceptors (Lipinski definition) is 6. The summed E-state index contributed by atoms with van der Waals surface area (Å²) in [6.07, 6.45) is 2.12. The van der Waals surface area contributed by atoms with Crippen molar-refractivity contribution in [2.45, 2.75) is 25.7 Å². The Morgan fingerprint density at radius 3 is 2.59 bits per heavy atom. The molecule has 10 heteroatoms. The van der Waals surface area contributed by atoms with E-state index in [1.54, 1.807) is 22.9 Å². The van der Waals surface area contributed by atoms with Gasteiger partial charge in [-0.25, -0.2) is 9.07 Å². The highest BCUT2D eigenvalue weighted by Crippen LogP contribution is 2.37. The average Bonchev–Trinajstić information content (AvgIpc) is 3.48. The molecule has 0 spiro atoms. The molecule has 1 aliphatic heterocycles. The Bertz CT molecular complexity index is 1430. The summed E-state index contributed by atoms with van der Waals surface area (Å²) in [5.74, 6) is -0.317. The molecule has 3 aromatic carbocycles. The number of nitrogen functional groups attached to an aromatic ring is 1. The number of nitrogens with zero attached hydrogens (tertiary/aromatic N) is 4. The molecule has 2 atom stereocenters. The first-order chi connectivity index (χ1) is 17.8. The molecule has 0 aliphatic carbocycles. The molecule has 2 N–H and O–H groups in total. The van der Waals surface area contributed by atoms with E-state index in [1.165, 1.54) is 18.2 Å². The maximum absolute atomic E-state index is 13.7. The summed E-state index contributed by atoms with van der Waals surface area (Å²) in [4.78, 5) is 13.0. The Labute approximate surface area is 221 Å². The van der Waals surface area contributed by atoms with Gasteiger partial charge in [-0.2, -0.15) is 5.10 Å². The molecule has 0 unspecified atom stereocenters. The number of nitrogens with two attached hydrogens (primary N) is 1. The summed E-state index contributed by atoms with van der Waals surface area (Å²) >= 11 is 3.47. The van der Waals surface area contributed by atoms with Gasteiger partial charge in [0.1, 0.15) is 17.7 Å². The van der Waals surface area contributed by atoms with Gasteiger partial charge in [-0.05, 0) is 73.5 Å². The van der Waals surface area contributed by atoms with Gasteiger partial charge in [-0.15, -0.1) is 0 Å². The maximum Gasteiger partial charge on any atom is 0.292 e. The SMILES string of the molecule is C[C@H]1CN(CCc2ccc(N)c([N+](=O)[O-])c2)[C@@H](c2cn(-c3ccc(Br)cc3)nc2-c2ccc(F)cc2)O1. The van der Waals surface area contributed by atoms with Crippen LogP contribution < -0.4 is 5.73 Å². The third-order valence-electron chi connectivity index (χ3n) is 6.38. The van der Waals surface area contributed by atoms with Gasteiger partial charge in [0.25, 0.3) is 5.69 Å². The van der Waals surface area contributed by atoms with Gasteiger partial charge in [-0.1, -0.05) is 22.0 Å². The summed E-state index contributed by atoms with van der Waals surface area (Å²) < 4.78 is 22.8. The minimum Gasteiger partial charge on any atom is -0.393 e. The van der Waals surface area contributed by atoms with Crippen LogP contribution in [0.25, 0.3) is 16.9 Å². The zero-order valence-corrected chi connectivity index (χ0v) is 21.6. The van der Waals surface area contributed by atoms with Crippen LogP contribution in [0.4, 0.5) is 15.8 Å². The molecule has 0 amide bonds. The lowest BCUT2D eigenvalue weighted by atomic mass is 10.1. The van der Waals surface area contributed by atoms with E-state index in [-0.39, 0.29) is 29.5 Å². The molecular formula is C27H25BrFN5O3. The highest BCUT2D eigenvalue weighted by atomic mass is 79.9. The Morgan fingerprint density at radius 1 is 1.16 bits per heavy atom. The number of nitro groups is 1. The van der Waals surface area contributed by atoms with E-state index >= 15 is 0 Å². The van der Waals surface area contributed by atoms with E-state index in [2.05, 4.69) is 20.8 Å². The van der Waals surface area contributed by atoms with Crippen LogP contribution in [-0.2, 0) is 11.2 Å². The molecule has 1 aliphatic rings. The van der Waals surface area contributed by atoms with Crippen LogP contribution in [0.1, 0.15) is 24.3 Å². The van der Waals surface area contributed by atoms with Crippen molar-refractivity contribution in [3.63, 3.8) is 0 Å². The van der Waals surface area contributed by atoms with Gasteiger partial charge in [0, 0.05) is 41.0 Å². The Kier molecular flexibility index (Phi) is 7.05. The van der Waals surface area contributed by atoms with Crippen molar-refractivity contribution in [3.05, 3.63) is 104 Å². The van der Waals surface area contributed by atoms with Gasteiger partial charge in [0.15, 0.2) is 0 Å². The Balaban J connectivity index is 1.48. The second-order valence-corrected chi connectivity index (χ2v) is 9.97. The van der Waals surface area contributed by atoms with Gasteiger partial charge in [0.2, 0.25) is 0 Å². The van der Waals surface area contributed by atoms with Crippen molar-refractivity contribution in [3.8, 4) is 16.9 Å². The van der Waals surface area contributed by atoms with E-state index in [4.69, 9.17) is 15.6 Å². The maximum atomic E-state index is 13.7. The monoisotopic (exact) mass is 565 g/mol. The van der Waals surface area contributed by atoms with Crippen LogP contribution in [-0.4, -0.2) is 38.8 Å². The van der Waals surface area contributed by atoms with Crippen molar-refractivity contribution in [1.82, 2.24) is 14.7 Å². The lowest BCUT2D eigenvalue weighted by Gasteiger charge is -2.23. The van der Waals surface area contributed by atoms with E-state index in [0.29, 0.717) is 25.2 Å². The zero-order chi connectivity index (χ0) is 26.1. The van der Waals surface area contributed by atoms with Crippen LogP contribution in [0.2, 0.25) is 0 Å². The molecule has 1 saturated heterocycles. The number of rotatable bonds is 7. The predicted molar refractivity (Wildman–Crippen MR) is 143 cm³/mol. The minimum atomic E-state index is -0.464. The lowest BCUT2D eigenvalue weighted by molar-refractivity contribution is -0.384. The fraction of sp³-hybridized carbons (Fsp3) is 0.222. The third kappa shape index (κ3) is 5.41. The molecule has 5 rings (SSSR count). The number of nitro benzene ring substituents is 1. The van der Waals surface area contributed by atoms with Crippen LogP contribution in [0, 0.1) is 15.9 Å². The summed E-state index contributed by atoms with van der Waals surface area (Å²) in [6, 6.07) is 19.0. The summed E-state index contributed by atoms with van der Waals surface area (Å²) in [5, 5.41) is 16.2. The fourth-order valence-electron chi connectivity index (χ4n) is 4.56. The van der Waals surface area contributed by atoms with Gasteiger partial charge in [-0.3, -0.25) is 15.0 Å². The normalized spacial score (nSPS) is 17.8. The van der Waals surface area contributed by atoms with Crippen molar-refractivity contribution in [1.29, 1.82) is 0 Å². The van der Waals surface area contributed by atoms with E-state index in [1.807, 2.05) is 43.5 Å². The van der Waals surface area contributed by atoms with E-state index in [0.717, 1.165) is 26.9 Å². The second kappa shape index (κ2) is 10.4. The first-order valence-corrected chi connectivity index (χ1v) is 12.6. The summed E-state index contributed by atoms with van der Waals surface area (Å²) in [6.45, 7) is 3.31. The van der Waals surface area contributed by atoms with Crippen LogP contribution >= 0.6 is 15.9 Å². The fourth-order valence-corrected chi connectivity index (χ4v) is 4.82. The summed E-state index contributed by atoms with van der Waals surface area (Å²) in [7, 11) is 0. The molecule has 2 heterocycles. The van der Waals surface area contributed by atoms with Crippen LogP contribution in [0.5, 0.6) is 0 Å². The van der Waals surface area contributed by atoms with Gasteiger partial charge in [0.05, 0.1) is 22.4 Å². The molecule has 1 aromatic heterocycles. The Morgan fingerprint density at radius 2 is 1.89 bits per heavy atom. The molecule has 4 aromatic rings. The second-order valence-electron chi connectivity index (χ2n) is 9.06. The van der Waals surface area contributed by atoms with Crippen molar-refractivity contribution >= 4 is 27.3 Å². The molecule has 190 valence electrons. The topological polar surface area (TPSA) is 99.4 Å². The van der Waals surface area contributed by atoms with Crippen molar-refractivity contribution in [2.24, 2.45) is 0 Å². The molecule has 0 saturated carbocycles. The van der Waals surface area contributed by atoms with Gasteiger partial charge >= 0.3 is 0 Å². The van der Waals surface area contributed by atoms with Gasteiger partial charge < -0.3 is 10.5 Å². The van der Waals surface area contributed by atoms with Crippen LogP contribution in [0.15, 0.2) is 77.4 Å². The first-order valence-electron chi connectivity index (χ1n) is 11.8. The van der Waals surface area contributed by atoms with Crippen LogP contribution in [0.3, 0.4) is 0 Å². The number of halogens is 2. The zero-order valence-electron chi connectivity index (χ0n) is 20.1. The smallest absolute Gasteiger partial charge is 0.292 e. The summed E-state index contributed by atoms with van der Waals surface area (Å²) in [5.41, 5.74) is 9.87. The molecule has 0 bridgehead atoms. The number of aromatic nitrogens is 2. The number of benzene rings is 3. The number of ether oxygens (including phenoxy) is 1. The predicted octanol–water partition coefficient (Wildman–Crippen LogP) is 5.89. The molecule has 1 fully saturated rings. The number of hydrogen-bond donors (Lipinski definition) is 1. The minimum absolute atomic E-state index is 0.0251. The lowest BCUT2D eigenvalue weighted by Crippen LogP contribution is -2.27. The highest BCUT2D eigenvalue weighted by molar-refractivity contribution is 9.10. The quantitative estimate of drug-likeness (QED) is 0.170. The highest BCUT2D eigenvalue weighted by Gasteiger charge is 2.34. The number of anilines is 1. The van der Waals surface area contributed by atoms with Crippen molar-refractivity contribution < 1.29 is 14.1 Å². The average molecular weight is 566 g/mol. The molecular weight excluding hydrogens is 541 g/mol. The molecule has 37 heavy (non-hydrogen) atoms. The van der Waals surface area contributed by atoms with E-state index < -0.39 is 4.92 Å². The first kappa shape index (κ1) is 25.1. The third-order valence-corrected chi connectivity index (χ3v) is 6.91. The Hall–Kier alpha value is -3.60. The van der Waals surface area contributed by atoms with E-state index in [9.17, 15) is 14.5 Å². The standard InChI is InChI=1S/C27H25BrFN5O3/c1-17-15-32(13-12-18-2-11-24(30)25(14-18)34(35)36)27(37-17)23-16-33(22-9-5-20(28)6-10-22)31-26(23)19-3-7-21(29)8-4-19/h2-11,14,16-17,27H,12-13,15,30H2,1H3/t17-,27+/m0/s1.